The molecule has 0 aromatic heterocycles. The summed E-state index contributed by atoms with van der Waals surface area (Å²) in [5, 5.41) is 23.4. The van der Waals surface area contributed by atoms with Crippen LogP contribution in [-0.2, 0) is 0 Å². The van der Waals surface area contributed by atoms with Crippen LogP contribution in [0.4, 0.5) is 0 Å². The second kappa shape index (κ2) is 8.45. The Morgan fingerprint density at radius 2 is 1.64 bits per heavy atom. The molecule has 9 atom stereocenters. The van der Waals surface area contributed by atoms with E-state index in [-0.39, 0.29) is 37.6 Å². The van der Waals surface area contributed by atoms with Crippen molar-refractivity contribution in [3.05, 3.63) is 11.6 Å². The van der Waals surface area contributed by atoms with Gasteiger partial charge in [0.25, 0.3) is 0 Å². The van der Waals surface area contributed by atoms with Crippen molar-refractivity contribution >= 4 is 20.2 Å². The van der Waals surface area contributed by atoms with Crippen LogP contribution in [0.5, 0.6) is 0 Å². The number of rotatable bonds is 4. The van der Waals surface area contributed by atoms with Crippen molar-refractivity contribution in [2.75, 3.05) is 4.43 Å². The van der Waals surface area contributed by atoms with Crippen LogP contribution in [0.25, 0.3) is 0 Å². The summed E-state index contributed by atoms with van der Waals surface area (Å²) in [7, 11) is 0. The summed E-state index contributed by atoms with van der Waals surface area (Å²) in [6, 6.07) is 0. The van der Waals surface area contributed by atoms with Gasteiger partial charge in [0.1, 0.15) is 0 Å². The molecule has 4 rings (SSSR count). The third-order valence-electron chi connectivity index (χ3n) is 11.9. The molecule has 3 N–H and O–H groups in total. The van der Waals surface area contributed by atoms with Gasteiger partial charge in [-0.2, -0.15) is 0 Å². The SMILES string of the molecule is CC(C)=CCC[C@](C)(O)C1CC[C@]2(C)C1C(O)CC1C3(C)CCI(O)C(C)(C)C3CCC12C. The van der Waals surface area contributed by atoms with Gasteiger partial charge in [-0.1, -0.05) is 5.57 Å². The number of aliphatic hydroxyl groups is 2. The minimum absolute atomic E-state index is 0.0631. The standard InChI is InChI=1S/C29H51IO3/c1-19(2)10-9-13-29(8,32)20-11-14-28(7)24(20)21(31)18-23-26(5)16-17-30(33)25(3,4)22(26)12-15-27(23,28)6/h10,20-24,31-33H,9,11-18H2,1-8H3/t20?,21?,22?,23?,24?,26?,27?,28-,29+/m1/s1. The first-order valence-corrected chi connectivity index (χ1v) is 17.1. The molecule has 33 heavy (non-hydrogen) atoms. The van der Waals surface area contributed by atoms with Crippen LogP contribution in [0.1, 0.15) is 107 Å². The fraction of sp³-hybridized carbons (Fsp3) is 0.931. The number of alkyl halides is 2. The fourth-order valence-corrected chi connectivity index (χ4v) is 14.8. The molecule has 7 unspecified atom stereocenters. The molecule has 0 bridgehead atoms. The van der Waals surface area contributed by atoms with Crippen LogP contribution in [-0.4, -0.2) is 33.2 Å². The molecule has 1 aliphatic heterocycles. The number of allylic oxidation sites excluding steroid dienone is 2. The Morgan fingerprint density at radius 1 is 1.00 bits per heavy atom. The maximum absolute atomic E-state index is 11.8. The molecule has 0 aromatic rings. The van der Waals surface area contributed by atoms with Crippen LogP contribution in [0.15, 0.2) is 11.6 Å². The maximum atomic E-state index is 11.8. The van der Waals surface area contributed by atoms with Crippen molar-refractivity contribution in [3.8, 4) is 0 Å². The molecule has 4 aliphatic rings. The Hall–Kier alpha value is 0.350. The average molecular weight is 575 g/mol. The van der Waals surface area contributed by atoms with E-state index in [1.807, 2.05) is 6.92 Å². The van der Waals surface area contributed by atoms with Gasteiger partial charge in [-0.05, 0) is 13.8 Å². The van der Waals surface area contributed by atoms with Crippen molar-refractivity contribution < 1.29 is 13.6 Å². The first kappa shape index (κ1) is 26.4. The topological polar surface area (TPSA) is 60.7 Å². The Balaban J connectivity index is 1.66. The van der Waals surface area contributed by atoms with E-state index in [9.17, 15) is 13.6 Å². The average Bonchev–Trinajstić information content (AvgIpc) is 3.08. The molecule has 0 amide bonds. The number of aliphatic hydroxyl groups excluding tert-OH is 1. The zero-order valence-electron chi connectivity index (χ0n) is 22.5. The van der Waals surface area contributed by atoms with Crippen LogP contribution in [0.2, 0.25) is 0 Å². The van der Waals surface area contributed by atoms with Crippen LogP contribution in [0.3, 0.4) is 0 Å². The summed E-state index contributed by atoms with van der Waals surface area (Å²) in [4.78, 5) is 0. The molecule has 3 aliphatic carbocycles. The normalized spacial score (nSPS) is 49.4. The van der Waals surface area contributed by atoms with E-state index in [2.05, 4.69) is 54.5 Å². The van der Waals surface area contributed by atoms with Gasteiger partial charge in [0.05, 0.1) is 0 Å². The summed E-state index contributed by atoms with van der Waals surface area (Å²) in [5.41, 5.74) is 1.03. The number of fused-ring (bicyclic) bond motifs is 5. The minimum atomic E-state index is -1.91. The monoisotopic (exact) mass is 574 g/mol. The second-order valence-electron chi connectivity index (χ2n) is 14.0. The molecule has 1 heterocycles. The predicted molar refractivity (Wildman–Crippen MR) is 146 cm³/mol. The van der Waals surface area contributed by atoms with Gasteiger partial charge in [-0.25, -0.2) is 0 Å². The number of halogens is 1. The van der Waals surface area contributed by atoms with Crippen molar-refractivity contribution in [1.82, 2.24) is 0 Å². The molecule has 4 fully saturated rings. The molecule has 192 valence electrons. The summed E-state index contributed by atoms with van der Waals surface area (Å²) in [6.07, 6.45) is 10.2. The quantitative estimate of drug-likeness (QED) is 0.194. The van der Waals surface area contributed by atoms with Crippen LogP contribution in [0, 0.1) is 39.9 Å². The van der Waals surface area contributed by atoms with E-state index >= 15 is 0 Å². The molecular weight excluding hydrogens is 523 g/mol. The van der Waals surface area contributed by atoms with Crippen LogP contribution < -0.4 is 0 Å². The van der Waals surface area contributed by atoms with Gasteiger partial charge in [0, 0.05) is 0 Å². The number of hydrogen-bond donors (Lipinski definition) is 3. The second-order valence-corrected chi connectivity index (χ2v) is 19.8. The van der Waals surface area contributed by atoms with Gasteiger partial charge in [0.15, 0.2) is 0 Å². The molecule has 1 saturated heterocycles. The fourth-order valence-electron chi connectivity index (χ4n) is 9.83. The molecular formula is C29H51IO3. The van der Waals surface area contributed by atoms with Gasteiger partial charge < -0.3 is 0 Å². The molecule has 0 aromatic carbocycles. The van der Waals surface area contributed by atoms with Gasteiger partial charge in [-0.15, -0.1) is 0 Å². The molecule has 0 radical (unpaired) electrons. The van der Waals surface area contributed by atoms with Crippen molar-refractivity contribution in [3.63, 3.8) is 0 Å². The van der Waals surface area contributed by atoms with Crippen molar-refractivity contribution in [2.45, 2.75) is 122 Å². The van der Waals surface area contributed by atoms with Crippen molar-refractivity contribution in [2.24, 2.45) is 39.9 Å². The van der Waals surface area contributed by atoms with E-state index in [0.29, 0.717) is 11.8 Å². The van der Waals surface area contributed by atoms with E-state index in [1.54, 1.807) is 0 Å². The summed E-state index contributed by atoms with van der Waals surface area (Å²) in [6.45, 7) is 18.5. The molecule has 4 heteroatoms. The summed E-state index contributed by atoms with van der Waals surface area (Å²) in [5.74, 6) is 1.42. The third kappa shape index (κ3) is 3.82. The summed E-state index contributed by atoms with van der Waals surface area (Å²) < 4.78 is 12.1. The van der Waals surface area contributed by atoms with Gasteiger partial charge >= 0.3 is 192 Å². The van der Waals surface area contributed by atoms with E-state index in [1.165, 1.54) is 18.4 Å². The zero-order valence-corrected chi connectivity index (χ0v) is 24.7. The Kier molecular flexibility index (Phi) is 6.76. The van der Waals surface area contributed by atoms with Gasteiger partial charge in [-0.3, -0.25) is 0 Å². The number of hydrogen-bond acceptors (Lipinski definition) is 3. The van der Waals surface area contributed by atoms with E-state index in [0.717, 1.165) is 43.0 Å². The van der Waals surface area contributed by atoms with E-state index < -0.39 is 25.8 Å². The third-order valence-corrected chi connectivity index (χ3v) is 17.4. The Morgan fingerprint density at radius 3 is 2.27 bits per heavy atom. The first-order valence-electron chi connectivity index (χ1n) is 13.5. The van der Waals surface area contributed by atoms with Gasteiger partial charge in [0.2, 0.25) is 0 Å². The van der Waals surface area contributed by atoms with E-state index in [4.69, 9.17) is 0 Å². The molecule has 3 saturated carbocycles. The zero-order chi connectivity index (χ0) is 24.6. The molecule has 3 nitrogen and oxygen atoms in total. The Labute approximate surface area is 211 Å². The molecule has 0 spiro atoms. The van der Waals surface area contributed by atoms with Crippen molar-refractivity contribution in [1.29, 1.82) is 0 Å². The summed E-state index contributed by atoms with van der Waals surface area (Å²) >= 11 is -1.91. The van der Waals surface area contributed by atoms with Crippen LogP contribution >= 0.6 is 20.2 Å². The first-order chi connectivity index (χ1) is 15.1. The predicted octanol–water partition coefficient (Wildman–Crippen LogP) is 6.92. The Bertz CT molecular complexity index is 786.